The van der Waals surface area contributed by atoms with Crippen molar-refractivity contribution in [2.75, 3.05) is 31.1 Å². The summed E-state index contributed by atoms with van der Waals surface area (Å²) in [7, 11) is 0. The lowest BCUT2D eigenvalue weighted by atomic mass is 10.1. The fraction of sp³-hybridized carbons (Fsp3) is 0.423. The Labute approximate surface area is 220 Å². The van der Waals surface area contributed by atoms with Crippen molar-refractivity contribution in [2.45, 2.75) is 45.8 Å². The molecule has 2 aromatic carbocycles. The third kappa shape index (κ3) is 6.23. The molecule has 4 rings (SSSR count). The van der Waals surface area contributed by atoms with Crippen molar-refractivity contribution in [1.29, 1.82) is 0 Å². The van der Waals surface area contributed by atoms with E-state index in [9.17, 15) is 9.59 Å². The molecule has 36 heavy (non-hydrogen) atoms. The van der Waals surface area contributed by atoms with Gasteiger partial charge in [-0.15, -0.1) is 0 Å². The molecule has 1 saturated heterocycles. The highest BCUT2D eigenvalue weighted by Crippen LogP contribution is 2.28. The summed E-state index contributed by atoms with van der Waals surface area (Å²) in [6, 6.07) is 10.4. The van der Waals surface area contributed by atoms with E-state index in [1.807, 2.05) is 39.8 Å². The lowest BCUT2D eigenvalue weighted by molar-refractivity contribution is 0.0263. The summed E-state index contributed by atoms with van der Waals surface area (Å²) in [6.07, 6.45) is 0.488. The molecule has 1 fully saturated rings. The number of benzene rings is 2. The number of hydrogen-bond acceptors (Lipinski definition) is 5. The van der Waals surface area contributed by atoms with Crippen molar-refractivity contribution in [3.8, 4) is 0 Å². The minimum Gasteiger partial charge on any atom is -0.444 e. The van der Waals surface area contributed by atoms with E-state index in [0.717, 1.165) is 29.7 Å². The molecule has 0 spiro atoms. The average molecular weight is 532 g/mol. The monoisotopic (exact) mass is 531 g/mol. The van der Waals surface area contributed by atoms with Gasteiger partial charge in [-0.25, -0.2) is 9.78 Å². The average Bonchev–Trinajstić information content (AvgIpc) is 3.06. The van der Waals surface area contributed by atoms with Crippen molar-refractivity contribution >= 4 is 51.9 Å². The number of imidazole rings is 1. The number of hydrogen-bond donors (Lipinski definition) is 2. The van der Waals surface area contributed by atoms with Crippen LogP contribution in [0.4, 0.5) is 10.5 Å². The third-order valence-electron chi connectivity index (χ3n) is 5.92. The van der Waals surface area contributed by atoms with Crippen molar-refractivity contribution in [3.05, 3.63) is 57.8 Å². The van der Waals surface area contributed by atoms with Crippen LogP contribution in [0.15, 0.2) is 36.4 Å². The molecule has 1 aliphatic heterocycles. The van der Waals surface area contributed by atoms with Gasteiger partial charge in [0, 0.05) is 36.8 Å². The first-order chi connectivity index (χ1) is 17.0. The summed E-state index contributed by atoms with van der Waals surface area (Å²) in [5, 5.41) is 4.07. The molecule has 10 heteroatoms. The van der Waals surface area contributed by atoms with Crippen molar-refractivity contribution in [1.82, 2.24) is 20.2 Å². The van der Waals surface area contributed by atoms with Crippen LogP contribution in [0.3, 0.4) is 0 Å². The van der Waals surface area contributed by atoms with Gasteiger partial charge in [0.25, 0.3) is 5.91 Å². The number of ether oxygens (including phenoxy) is 1. The van der Waals surface area contributed by atoms with Gasteiger partial charge < -0.3 is 24.8 Å². The first-order valence-electron chi connectivity index (χ1n) is 12.0. The Hall–Kier alpha value is -2.97. The number of fused-ring (bicyclic) bond motifs is 1. The maximum atomic E-state index is 12.9. The maximum absolute atomic E-state index is 12.9. The van der Waals surface area contributed by atoms with Gasteiger partial charge in [0.2, 0.25) is 0 Å². The lowest BCUT2D eigenvalue weighted by Crippen LogP contribution is -2.39. The van der Waals surface area contributed by atoms with E-state index in [0.29, 0.717) is 41.1 Å². The van der Waals surface area contributed by atoms with Crippen LogP contribution in [-0.4, -0.2) is 58.6 Å². The molecule has 192 valence electrons. The Morgan fingerprint density at radius 2 is 1.86 bits per heavy atom. The van der Waals surface area contributed by atoms with Gasteiger partial charge in [0.05, 0.1) is 27.8 Å². The largest absolute Gasteiger partial charge is 0.444 e. The van der Waals surface area contributed by atoms with Crippen LogP contribution < -0.4 is 10.2 Å². The number of amides is 2. The Balaban J connectivity index is 1.40. The molecule has 0 radical (unpaired) electrons. The topological polar surface area (TPSA) is 90.6 Å². The molecule has 8 nitrogen and oxygen atoms in total. The summed E-state index contributed by atoms with van der Waals surface area (Å²) in [6.45, 7) is 9.97. The Morgan fingerprint density at radius 3 is 2.58 bits per heavy atom. The number of halogens is 2. The van der Waals surface area contributed by atoms with Crippen LogP contribution in [0, 0.1) is 0 Å². The zero-order chi connectivity index (χ0) is 26.0. The van der Waals surface area contributed by atoms with Crippen LogP contribution in [-0.2, 0) is 4.74 Å². The summed E-state index contributed by atoms with van der Waals surface area (Å²) >= 11 is 12.7. The molecule has 1 aromatic heterocycles. The number of anilines is 1. The zero-order valence-electron chi connectivity index (χ0n) is 20.9. The normalized spacial score (nSPS) is 15.5. The number of carbonyl (C=O) groups is 2. The van der Waals surface area contributed by atoms with Gasteiger partial charge in [-0.1, -0.05) is 23.2 Å². The number of nitrogens with one attached hydrogen (secondary N) is 2. The molecular formula is C26H31Cl2N5O3. The SMILES string of the molecule is C[C@H](NC(=O)c1ccc(N2CCCN(C(=O)OC(C)(C)C)CC2)c(Cl)c1)c1nc2ccc(Cl)cc2[nH]1. The maximum Gasteiger partial charge on any atom is 0.410 e. The number of nitrogens with zero attached hydrogens (tertiary/aromatic N) is 3. The van der Waals surface area contributed by atoms with Crippen LogP contribution in [0.5, 0.6) is 0 Å². The summed E-state index contributed by atoms with van der Waals surface area (Å²) in [5.74, 6) is 0.392. The second-order valence-corrected chi connectivity index (χ2v) is 10.8. The molecule has 0 bridgehead atoms. The number of H-pyrrole nitrogens is 1. The first kappa shape index (κ1) is 26.1. The number of carbonyl (C=O) groups excluding carboxylic acids is 2. The molecule has 0 unspecified atom stereocenters. The first-order valence-corrected chi connectivity index (χ1v) is 12.7. The molecular weight excluding hydrogens is 501 g/mol. The highest BCUT2D eigenvalue weighted by molar-refractivity contribution is 6.33. The number of aromatic nitrogens is 2. The van der Waals surface area contributed by atoms with Crippen molar-refractivity contribution < 1.29 is 14.3 Å². The van der Waals surface area contributed by atoms with Gasteiger partial charge in [0.1, 0.15) is 11.4 Å². The predicted molar refractivity (Wildman–Crippen MR) is 143 cm³/mol. The van der Waals surface area contributed by atoms with E-state index < -0.39 is 5.60 Å². The zero-order valence-corrected chi connectivity index (χ0v) is 22.4. The second kappa shape index (κ2) is 10.6. The highest BCUT2D eigenvalue weighted by atomic mass is 35.5. The number of rotatable bonds is 4. The second-order valence-electron chi connectivity index (χ2n) is 9.95. The van der Waals surface area contributed by atoms with E-state index >= 15 is 0 Å². The van der Waals surface area contributed by atoms with Gasteiger partial charge in [-0.3, -0.25) is 4.79 Å². The third-order valence-corrected chi connectivity index (χ3v) is 6.46. The van der Waals surface area contributed by atoms with E-state index in [1.54, 1.807) is 29.2 Å². The van der Waals surface area contributed by atoms with Gasteiger partial charge in [0.15, 0.2) is 0 Å². The fourth-order valence-corrected chi connectivity index (χ4v) is 4.60. The molecule has 1 aliphatic rings. The molecule has 0 saturated carbocycles. The van der Waals surface area contributed by atoms with E-state index in [1.165, 1.54) is 0 Å². The molecule has 2 heterocycles. The quantitative estimate of drug-likeness (QED) is 0.443. The molecule has 3 aromatic rings. The standard InChI is InChI=1S/C26H31Cl2N5O3/c1-16(23-30-20-8-7-18(27)15-21(20)31-23)29-24(34)17-6-9-22(19(28)14-17)32-10-5-11-33(13-12-32)25(35)36-26(2,3)4/h6-9,14-16H,5,10-13H2,1-4H3,(H,29,34)(H,30,31)/t16-/m0/s1. The van der Waals surface area contributed by atoms with E-state index in [4.69, 9.17) is 27.9 Å². The van der Waals surface area contributed by atoms with Crippen LogP contribution >= 0.6 is 23.2 Å². The Morgan fingerprint density at radius 1 is 1.08 bits per heavy atom. The van der Waals surface area contributed by atoms with Crippen LogP contribution in [0.25, 0.3) is 11.0 Å². The van der Waals surface area contributed by atoms with Gasteiger partial charge in [-0.05, 0) is 70.5 Å². The number of aromatic amines is 1. The van der Waals surface area contributed by atoms with Crippen molar-refractivity contribution in [2.24, 2.45) is 0 Å². The van der Waals surface area contributed by atoms with Crippen molar-refractivity contribution in [3.63, 3.8) is 0 Å². The minimum absolute atomic E-state index is 0.249. The molecule has 2 N–H and O–H groups in total. The van der Waals surface area contributed by atoms with Crippen LogP contribution in [0.1, 0.15) is 56.3 Å². The van der Waals surface area contributed by atoms with Gasteiger partial charge in [-0.2, -0.15) is 0 Å². The summed E-state index contributed by atoms with van der Waals surface area (Å²) in [5.41, 5.74) is 2.36. The lowest BCUT2D eigenvalue weighted by Gasteiger charge is -2.27. The minimum atomic E-state index is -0.529. The molecule has 1 atom stereocenters. The van der Waals surface area contributed by atoms with E-state index in [2.05, 4.69) is 20.2 Å². The predicted octanol–water partition coefficient (Wildman–Crippen LogP) is 5.81. The smallest absolute Gasteiger partial charge is 0.410 e. The highest BCUT2D eigenvalue weighted by Gasteiger charge is 2.25. The van der Waals surface area contributed by atoms with Gasteiger partial charge >= 0.3 is 6.09 Å². The summed E-state index contributed by atoms with van der Waals surface area (Å²) in [4.78, 5) is 37.0. The molecule has 0 aliphatic carbocycles. The van der Waals surface area contributed by atoms with Crippen LogP contribution in [0.2, 0.25) is 10.0 Å². The van der Waals surface area contributed by atoms with E-state index in [-0.39, 0.29) is 18.0 Å². The summed E-state index contributed by atoms with van der Waals surface area (Å²) < 4.78 is 5.51. The Kier molecular flexibility index (Phi) is 7.66. The molecule has 2 amide bonds. The Bertz CT molecular complexity index is 1270. The fourth-order valence-electron chi connectivity index (χ4n) is 4.13.